The summed E-state index contributed by atoms with van der Waals surface area (Å²) in [4.78, 5) is 27.2. The highest BCUT2D eigenvalue weighted by Gasteiger charge is 2.35. The Morgan fingerprint density at radius 2 is 1.94 bits per heavy atom. The number of hydrogen-bond donors (Lipinski definition) is 1. The van der Waals surface area contributed by atoms with Gasteiger partial charge in [0.05, 0.1) is 5.92 Å². The standard InChI is InChI=1S/C25H34ClN5O/c1-16(2)27-13-21(19-6-8-20(26)9-7-19)25(32)30-11-12-31(18(4)14-30)24-23-17(3)5-10-22(23)28-15-29-24/h6-9,15-18,21,27H,5,10-14H2,1-4H3/t17-,18-,21+/m1/s1. The molecule has 2 aliphatic rings. The first-order valence-corrected chi connectivity index (χ1v) is 12.1. The van der Waals surface area contributed by atoms with Crippen LogP contribution in [0.25, 0.3) is 0 Å². The van der Waals surface area contributed by atoms with Gasteiger partial charge < -0.3 is 15.1 Å². The lowest BCUT2D eigenvalue weighted by molar-refractivity contribution is -0.133. The number of hydrogen-bond acceptors (Lipinski definition) is 5. The highest BCUT2D eigenvalue weighted by molar-refractivity contribution is 6.30. The van der Waals surface area contributed by atoms with Crippen LogP contribution in [0.15, 0.2) is 30.6 Å². The Kier molecular flexibility index (Phi) is 7.01. The van der Waals surface area contributed by atoms with E-state index in [0.29, 0.717) is 36.6 Å². The molecule has 0 radical (unpaired) electrons. The Morgan fingerprint density at radius 1 is 1.19 bits per heavy atom. The minimum atomic E-state index is -0.225. The number of nitrogens with one attached hydrogen (secondary N) is 1. The smallest absolute Gasteiger partial charge is 0.231 e. The van der Waals surface area contributed by atoms with Gasteiger partial charge in [-0.1, -0.05) is 44.5 Å². The van der Waals surface area contributed by atoms with Crippen molar-refractivity contribution in [3.05, 3.63) is 52.4 Å². The summed E-state index contributed by atoms with van der Waals surface area (Å²) in [7, 11) is 0. The number of carbonyl (C=O) groups excluding carboxylic acids is 1. The molecular formula is C25H34ClN5O. The molecule has 6 nitrogen and oxygen atoms in total. The predicted molar refractivity (Wildman–Crippen MR) is 129 cm³/mol. The van der Waals surface area contributed by atoms with E-state index in [9.17, 15) is 4.79 Å². The second kappa shape index (κ2) is 9.75. The van der Waals surface area contributed by atoms with Gasteiger partial charge in [-0.05, 0) is 43.4 Å². The summed E-state index contributed by atoms with van der Waals surface area (Å²) in [6.07, 6.45) is 3.87. The van der Waals surface area contributed by atoms with Crippen molar-refractivity contribution in [1.82, 2.24) is 20.2 Å². The van der Waals surface area contributed by atoms with Gasteiger partial charge in [0.2, 0.25) is 5.91 Å². The topological polar surface area (TPSA) is 61.4 Å². The van der Waals surface area contributed by atoms with Gasteiger partial charge in [-0.25, -0.2) is 9.97 Å². The number of anilines is 1. The van der Waals surface area contributed by atoms with Crippen molar-refractivity contribution in [2.45, 2.75) is 64.5 Å². The van der Waals surface area contributed by atoms with Gasteiger partial charge in [-0.3, -0.25) is 4.79 Å². The lowest BCUT2D eigenvalue weighted by Crippen LogP contribution is -2.55. The molecule has 2 aromatic rings. The van der Waals surface area contributed by atoms with Gasteiger partial charge >= 0.3 is 0 Å². The molecule has 7 heteroatoms. The molecule has 1 aromatic heterocycles. The Morgan fingerprint density at radius 3 is 2.62 bits per heavy atom. The summed E-state index contributed by atoms with van der Waals surface area (Å²) in [5.74, 6) is 1.50. The van der Waals surface area contributed by atoms with Gasteiger partial charge in [-0.2, -0.15) is 0 Å². The lowest BCUT2D eigenvalue weighted by Gasteiger charge is -2.42. The highest BCUT2D eigenvalue weighted by atomic mass is 35.5. The van der Waals surface area contributed by atoms with Gasteiger partial charge in [0, 0.05) is 54.5 Å². The second-order valence-electron chi connectivity index (χ2n) is 9.49. The van der Waals surface area contributed by atoms with Crippen LogP contribution >= 0.6 is 11.6 Å². The summed E-state index contributed by atoms with van der Waals surface area (Å²) in [5.41, 5.74) is 3.50. The van der Waals surface area contributed by atoms with Gasteiger partial charge in [0.15, 0.2) is 0 Å². The van der Waals surface area contributed by atoms with E-state index in [4.69, 9.17) is 11.6 Å². The van der Waals surface area contributed by atoms with Crippen molar-refractivity contribution in [2.24, 2.45) is 0 Å². The zero-order valence-electron chi connectivity index (χ0n) is 19.5. The van der Waals surface area contributed by atoms with E-state index in [2.05, 4.69) is 47.9 Å². The van der Waals surface area contributed by atoms with Crippen LogP contribution in [0.4, 0.5) is 5.82 Å². The number of fused-ring (bicyclic) bond motifs is 1. The lowest BCUT2D eigenvalue weighted by atomic mass is 9.96. The van der Waals surface area contributed by atoms with Crippen LogP contribution in [0.2, 0.25) is 5.02 Å². The van der Waals surface area contributed by atoms with E-state index in [1.165, 1.54) is 11.3 Å². The summed E-state index contributed by atoms with van der Waals surface area (Å²) >= 11 is 6.09. The van der Waals surface area contributed by atoms with Crippen molar-refractivity contribution < 1.29 is 4.79 Å². The molecule has 1 amide bonds. The fraction of sp³-hybridized carbons (Fsp3) is 0.560. The average molecular weight is 456 g/mol. The monoisotopic (exact) mass is 455 g/mol. The minimum absolute atomic E-state index is 0.174. The zero-order chi connectivity index (χ0) is 22.8. The average Bonchev–Trinajstić information content (AvgIpc) is 3.16. The number of amides is 1. The van der Waals surface area contributed by atoms with Crippen molar-refractivity contribution in [2.75, 3.05) is 31.1 Å². The van der Waals surface area contributed by atoms with E-state index in [1.807, 2.05) is 29.2 Å². The van der Waals surface area contributed by atoms with Crippen molar-refractivity contribution in [3.8, 4) is 0 Å². The molecule has 2 heterocycles. The fourth-order valence-corrected chi connectivity index (χ4v) is 5.07. The number of halogens is 1. The van der Waals surface area contributed by atoms with E-state index < -0.39 is 0 Å². The Balaban J connectivity index is 1.51. The van der Waals surface area contributed by atoms with Crippen molar-refractivity contribution >= 4 is 23.3 Å². The van der Waals surface area contributed by atoms with Crippen LogP contribution in [0.1, 0.15) is 62.8 Å². The van der Waals surface area contributed by atoms with Crippen molar-refractivity contribution in [1.29, 1.82) is 0 Å². The van der Waals surface area contributed by atoms with E-state index in [-0.39, 0.29) is 17.9 Å². The maximum absolute atomic E-state index is 13.6. The summed E-state index contributed by atoms with van der Waals surface area (Å²) in [6.45, 7) is 11.5. The molecule has 0 saturated carbocycles. The van der Waals surface area contributed by atoms with E-state index in [0.717, 1.165) is 30.8 Å². The zero-order valence-corrected chi connectivity index (χ0v) is 20.3. The maximum Gasteiger partial charge on any atom is 0.231 e. The van der Waals surface area contributed by atoms with Crippen LogP contribution in [-0.4, -0.2) is 59.0 Å². The molecule has 3 atom stereocenters. The second-order valence-corrected chi connectivity index (χ2v) is 9.93. The van der Waals surface area contributed by atoms with Crippen LogP contribution < -0.4 is 10.2 Å². The molecule has 0 unspecified atom stereocenters. The number of nitrogens with zero attached hydrogens (tertiary/aromatic N) is 4. The number of rotatable bonds is 6. The first kappa shape index (κ1) is 23.0. The molecule has 1 aliphatic carbocycles. The van der Waals surface area contributed by atoms with Gasteiger partial charge in [0.1, 0.15) is 12.1 Å². The Hall–Kier alpha value is -2.18. The van der Waals surface area contributed by atoms with E-state index >= 15 is 0 Å². The maximum atomic E-state index is 13.6. The number of aromatic nitrogens is 2. The van der Waals surface area contributed by atoms with Crippen LogP contribution in [0.3, 0.4) is 0 Å². The Bertz CT molecular complexity index is 948. The third-order valence-corrected chi connectivity index (χ3v) is 7.02. The molecular weight excluding hydrogens is 422 g/mol. The van der Waals surface area contributed by atoms with Crippen molar-refractivity contribution in [3.63, 3.8) is 0 Å². The third-order valence-electron chi connectivity index (χ3n) is 6.76. The molecule has 0 spiro atoms. The van der Waals surface area contributed by atoms with Crippen LogP contribution in [0.5, 0.6) is 0 Å². The normalized spacial score (nSPS) is 21.7. The largest absolute Gasteiger partial charge is 0.350 e. The number of piperazine rings is 1. The molecule has 0 bridgehead atoms. The number of aryl methyl sites for hydroxylation is 1. The molecule has 1 fully saturated rings. The summed E-state index contributed by atoms with van der Waals surface area (Å²) in [6, 6.07) is 8.18. The summed E-state index contributed by atoms with van der Waals surface area (Å²) in [5, 5.41) is 4.14. The number of carbonyl (C=O) groups is 1. The molecule has 172 valence electrons. The van der Waals surface area contributed by atoms with Gasteiger partial charge in [0.25, 0.3) is 0 Å². The highest BCUT2D eigenvalue weighted by Crippen LogP contribution is 2.38. The molecule has 1 saturated heterocycles. The Labute approximate surface area is 196 Å². The van der Waals surface area contributed by atoms with Crippen LogP contribution in [0, 0.1) is 0 Å². The first-order valence-electron chi connectivity index (χ1n) is 11.7. The SMILES string of the molecule is CC(C)NC[C@H](C(=O)N1CCN(c2ncnc3c2[C@H](C)CC3)[C@H](C)C1)c1ccc(Cl)cc1. The predicted octanol–water partition coefficient (Wildman–Crippen LogP) is 4.00. The van der Waals surface area contributed by atoms with E-state index in [1.54, 1.807) is 6.33 Å². The molecule has 1 aliphatic heterocycles. The van der Waals surface area contributed by atoms with Gasteiger partial charge in [-0.15, -0.1) is 0 Å². The number of benzene rings is 1. The quantitative estimate of drug-likeness (QED) is 0.713. The molecule has 4 rings (SSSR count). The third kappa shape index (κ3) is 4.76. The fourth-order valence-electron chi connectivity index (χ4n) is 4.94. The first-order chi connectivity index (χ1) is 15.3. The molecule has 1 aromatic carbocycles. The summed E-state index contributed by atoms with van der Waals surface area (Å²) < 4.78 is 0. The van der Waals surface area contributed by atoms with Crippen LogP contribution in [-0.2, 0) is 11.2 Å². The minimum Gasteiger partial charge on any atom is -0.350 e. The molecule has 32 heavy (non-hydrogen) atoms. The molecule has 1 N–H and O–H groups in total.